The molecule has 0 aliphatic carbocycles. The second-order valence-electron chi connectivity index (χ2n) is 5.44. The van der Waals surface area contributed by atoms with E-state index in [0.717, 1.165) is 11.6 Å². The average molecular weight is 397 g/mol. The van der Waals surface area contributed by atoms with E-state index >= 15 is 0 Å². The molecular formula is C17H17ClN2O5S. The molecule has 2 aromatic rings. The molecule has 0 aromatic heterocycles. The van der Waals surface area contributed by atoms with Crippen molar-refractivity contribution in [3.63, 3.8) is 0 Å². The molecule has 0 radical (unpaired) electrons. The Kier molecular flexibility index (Phi) is 6.36. The molecule has 2 aromatic carbocycles. The van der Waals surface area contributed by atoms with E-state index in [0.29, 0.717) is 0 Å². The third-order valence-corrected chi connectivity index (χ3v) is 4.69. The van der Waals surface area contributed by atoms with Gasteiger partial charge >= 0.3 is 5.97 Å². The number of rotatable bonds is 6. The zero-order valence-electron chi connectivity index (χ0n) is 13.8. The van der Waals surface area contributed by atoms with Crippen LogP contribution in [-0.2, 0) is 26.1 Å². The highest BCUT2D eigenvalue weighted by Gasteiger charge is 2.22. The van der Waals surface area contributed by atoms with Crippen LogP contribution in [0.3, 0.4) is 0 Å². The minimum absolute atomic E-state index is 0.0145. The van der Waals surface area contributed by atoms with E-state index in [1.54, 1.807) is 0 Å². The van der Waals surface area contributed by atoms with Crippen molar-refractivity contribution in [1.82, 2.24) is 5.32 Å². The monoisotopic (exact) mass is 396 g/mol. The van der Waals surface area contributed by atoms with Crippen LogP contribution in [0.2, 0.25) is 5.02 Å². The van der Waals surface area contributed by atoms with Crippen LogP contribution in [0.25, 0.3) is 0 Å². The summed E-state index contributed by atoms with van der Waals surface area (Å²) in [4.78, 5) is 24.0. The van der Waals surface area contributed by atoms with E-state index in [-0.39, 0.29) is 22.0 Å². The van der Waals surface area contributed by atoms with E-state index in [1.165, 1.54) is 19.1 Å². The normalized spacial score (nSPS) is 12.3. The quantitative estimate of drug-likeness (QED) is 0.723. The first kappa shape index (κ1) is 19.9. The molecule has 0 aliphatic rings. The zero-order valence-corrected chi connectivity index (χ0v) is 15.4. The Labute approximate surface area is 156 Å². The fraction of sp³-hybridized carbons (Fsp3) is 0.176. The molecule has 0 saturated heterocycles. The van der Waals surface area contributed by atoms with Gasteiger partial charge in [0, 0.05) is 6.54 Å². The zero-order chi connectivity index (χ0) is 19.3. The molecule has 2 rings (SSSR count). The average Bonchev–Trinajstić information content (AvgIpc) is 2.59. The fourth-order valence-electron chi connectivity index (χ4n) is 2.04. The summed E-state index contributed by atoms with van der Waals surface area (Å²) >= 11 is 5.91. The molecular weight excluding hydrogens is 380 g/mol. The lowest BCUT2D eigenvalue weighted by Gasteiger charge is -2.14. The van der Waals surface area contributed by atoms with Crippen LogP contribution in [0.5, 0.6) is 0 Å². The molecule has 0 bridgehead atoms. The van der Waals surface area contributed by atoms with Crippen molar-refractivity contribution in [2.75, 3.05) is 0 Å². The first-order valence-corrected chi connectivity index (χ1v) is 9.46. The minimum Gasteiger partial charge on any atom is -0.449 e. The number of hydrogen-bond donors (Lipinski definition) is 2. The van der Waals surface area contributed by atoms with Gasteiger partial charge in [0.1, 0.15) is 0 Å². The van der Waals surface area contributed by atoms with Gasteiger partial charge in [-0.2, -0.15) is 0 Å². The largest absolute Gasteiger partial charge is 0.449 e. The molecule has 0 fully saturated rings. The maximum Gasteiger partial charge on any atom is 0.340 e. The number of hydrogen-bond acceptors (Lipinski definition) is 5. The van der Waals surface area contributed by atoms with Gasteiger partial charge in [0.15, 0.2) is 6.10 Å². The highest BCUT2D eigenvalue weighted by Crippen LogP contribution is 2.21. The second kappa shape index (κ2) is 8.31. The smallest absolute Gasteiger partial charge is 0.340 e. The summed E-state index contributed by atoms with van der Waals surface area (Å²) in [6.07, 6.45) is -1.10. The molecule has 0 spiro atoms. The predicted molar refractivity (Wildman–Crippen MR) is 96.0 cm³/mol. The maximum absolute atomic E-state index is 12.2. The Morgan fingerprint density at radius 1 is 1.19 bits per heavy atom. The van der Waals surface area contributed by atoms with Crippen molar-refractivity contribution in [3.05, 3.63) is 64.7 Å². The molecule has 9 heteroatoms. The van der Waals surface area contributed by atoms with Gasteiger partial charge in [-0.3, -0.25) is 4.79 Å². The third-order valence-electron chi connectivity index (χ3n) is 3.45. The van der Waals surface area contributed by atoms with Crippen molar-refractivity contribution in [3.8, 4) is 0 Å². The van der Waals surface area contributed by atoms with Crippen LogP contribution in [0.1, 0.15) is 22.8 Å². The van der Waals surface area contributed by atoms with Crippen LogP contribution in [0.15, 0.2) is 53.4 Å². The van der Waals surface area contributed by atoms with Crippen molar-refractivity contribution in [2.24, 2.45) is 5.14 Å². The number of carbonyl (C=O) groups excluding carboxylic acids is 2. The number of nitrogens with one attached hydrogen (secondary N) is 1. The standard InChI is InChI=1S/C17H17ClN2O5S/c1-11(16(21)20-10-12-5-3-2-4-6-12)25-17(22)14-9-13(26(19,23)24)7-8-15(14)18/h2-9,11H,10H2,1H3,(H,20,21)(H2,19,23,24). The number of benzene rings is 2. The van der Waals surface area contributed by atoms with Crippen LogP contribution in [0, 0.1) is 0 Å². The lowest BCUT2D eigenvalue weighted by molar-refractivity contribution is -0.129. The van der Waals surface area contributed by atoms with E-state index in [9.17, 15) is 18.0 Å². The van der Waals surface area contributed by atoms with Crippen LogP contribution < -0.4 is 10.5 Å². The number of esters is 1. The van der Waals surface area contributed by atoms with Gasteiger partial charge in [-0.05, 0) is 30.7 Å². The number of sulfonamides is 1. The summed E-state index contributed by atoms with van der Waals surface area (Å²) < 4.78 is 27.8. The number of carbonyl (C=O) groups is 2. The lowest BCUT2D eigenvalue weighted by Crippen LogP contribution is -2.35. The summed E-state index contributed by atoms with van der Waals surface area (Å²) in [6.45, 7) is 1.68. The lowest BCUT2D eigenvalue weighted by atomic mass is 10.2. The van der Waals surface area contributed by atoms with Gasteiger partial charge < -0.3 is 10.1 Å². The minimum atomic E-state index is -4.01. The van der Waals surface area contributed by atoms with Crippen LogP contribution >= 0.6 is 11.6 Å². The Morgan fingerprint density at radius 2 is 1.85 bits per heavy atom. The highest BCUT2D eigenvalue weighted by atomic mass is 35.5. The molecule has 1 atom stereocenters. The summed E-state index contributed by atoms with van der Waals surface area (Å²) in [5.74, 6) is -1.43. The number of primary sulfonamides is 1. The van der Waals surface area contributed by atoms with Gasteiger partial charge in [-0.25, -0.2) is 18.4 Å². The van der Waals surface area contributed by atoms with Gasteiger partial charge in [0.2, 0.25) is 10.0 Å². The molecule has 26 heavy (non-hydrogen) atoms. The Balaban J connectivity index is 2.03. The van der Waals surface area contributed by atoms with Gasteiger partial charge in [0.05, 0.1) is 15.5 Å². The summed E-state index contributed by atoms with van der Waals surface area (Å²) in [6, 6.07) is 12.6. The van der Waals surface area contributed by atoms with Crippen LogP contribution in [0.4, 0.5) is 0 Å². The molecule has 138 valence electrons. The van der Waals surface area contributed by atoms with E-state index in [2.05, 4.69) is 5.32 Å². The molecule has 7 nitrogen and oxygen atoms in total. The summed E-state index contributed by atoms with van der Waals surface area (Å²) in [7, 11) is -4.01. The Bertz CT molecular complexity index is 916. The van der Waals surface area contributed by atoms with Gasteiger partial charge in [0.25, 0.3) is 5.91 Å². The molecule has 1 amide bonds. The highest BCUT2D eigenvalue weighted by molar-refractivity contribution is 7.89. The first-order valence-electron chi connectivity index (χ1n) is 7.53. The number of nitrogens with two attached hydrogens (primary N) is 1. The van der Waals surface area contributed by atoms with Crippen molar-refractivity contribution < 1.29 is 22.7 Å². The topological polar surface area (TPSA) is 116 Å². The molecule has 1 unspecified atom stereocenters. The molecule has 3 N–H and O–H groups in total. The third kappa shape index (κ3) is 5.29. The predicted octanol–water partition coefficient (Wildman–Crippen LogP) is 1.85. The van der Waals surface area contributed by atoms with E-state index in [4.69, 9.17) is 21.5 Å². The maximum atomic E-state index is 12.2. The first-order chi connectivity index (χ1) is 12.2. The molecule has 0 saturated carbocycles. The SMILES string of the molecule is CC(OC(=O)c1cc(S(N)(=O)=O)ccc1Cl)C(=O)NCc1ccccc1. The van der Waals surface area contributed by atoms with Crippen molar-refractivity contribution >= 4 is 33.5 Å². The summed E-state index contributed by atoms with van der Waals surface area (Å²) in [5.41, 5.74) is 0.698. The summed E-state index contributed by atoms with van der Waals surface area (Å²) in [5, 5.41) is 7.66. The van der Waals surface area contributed by atoms with E-state index in [1.807, 2.05) is 30.3 Å². The number of halogens is 1. The van der Waals surface area contributed by atoms with Crippen molar-refractivity contribution in [2.45, 2.75) is 24.5 Å². The van der Waals surface area contributed by atoms with Crippen molar-refractivity contribution in [1.29, 1.82) is 0 Å². The fourth-order valence-corrected chi connectivity index (χ4v) is 2.78. The number of ether oxygens (including phenoxy) is 1. The Hall–Kier alpha value is -2.42. The van der Waals surface area contributed by atoms with Gasteiger partial charge in [-0.15, -0.1) is 0 Å². The molecule has 0 heterocycles. The van der Waals surface area contributed by atoms with Gasteiger partial charge in [-0.1, -0.05) is 41.9 Å². The molecule has 0 aliphatic heterocycles. The number of amides is 1. The second-order valence-corrected chi connectivity index (χ2v) is 7.41. The van der Waals surface area contributed by atoms with Crippen LogP contribution in [-0.4, -0.2) is 26.4 Å². The van der Waals surface area contributed by atoms with E-state index < -0.39 is 28.0 Å². The Morgan fingerprint density at radius 3 is 2.46 bits per heavy atom.